The Hall–Kier alpha value is -1.96. The van der Waals surface area contributed by atoms with E-state index >= 15 is 0 Å². The molecule has 1 aromatic heterocycles. The third-order valence-corrected chi connectivity index (χ3v) is 3.80. The highest BCUT2D eigenvalue weighted by molar-refractivity contribution is 7.99. The fourth-order valence-electron chi connectivity index (χ4n) is 1.74. The Balaban J connectivity index is 1.90. The van der Waals surface area contributed by atoms with E-state index < -0.39 is 11.6 Å². The molecule has 5 nitrogen and oxygen atoms in total. The molecule has 1 heterocycles. The number of halogens is 2. The van der Waals surface area contributed by atoms with Gasteiger partial charge < -0.3 is 4.90 Å². The van der Waals surface area contributed by atoms with Crippen LogP contribution in [0.5, 0.6) is 0 Å². The molecule has 0 spiro atoms. The van der Waals surface area contributed by atoms with Crippen LogP contribution in [-0.2, 0) is 4.79 Å². The summed E-state index contributed by atoms with van der Waals surface area (Å²) in [4.78, 5) is 17.1. The molecule has 2 rings (SSSR count). The number of nitrogens with one attached hydrogen (secondary N) is 1. The second-order valence-corrected chi connectivity index (χ2v) is 5.93. The lowest BCUT2D eigenvalue weighted by Gasteiger charge is -2.08. The molecule has 1 N–H and O–H groups in total. The number of benzene rings is 1. The van der Waals surface area contributed by atoms with Crippen molar-refractivity contribution in [3.63, 3.8) is 0 Å². The zero-order chi connectivity index (χ0) is 16.1. The topological polar surface area (TPSA) is 61.9 Å². The Kier molecular flexibility index (Phi) is 5.48. The average Bonchev–Trinajstić information content (AvgIpc) is 2.91. The molecule has 0 aliphatic carbocycles. The van der Waals surface area contributed by atoms with Crippen LogP contribution in [0.4, 0.5) is 8.78 Å². The zero-order valence-corrected chi connectivity index (χ0v) is 13.1. The number of aromatic amines is 1. The van der Waals surface area contributed by atoms with Crippen LogP contribution < -0.4 is 0 Å². The summed E-state index contributed by atoms with van der Waals surface area (Å²) in [5, 5.41) is 7.13. The number of thioether (sulfide) groups is 1. The van der Waals surface area contributed by atoms with Gasteiger partial charge in [-0.15, -0.1) is 5.10 Å². The minimum Gasteiger partial charge on any atom is -0.349 e. The van der Waals surface area contributed by atoms with Crippen LogP contribution in [-0.4, -0.2) is 45.8 Å². The molecule has 1 aromatic carbocycles. The third kappa shape index (κ3) is 4.52. The van der Waals surface area contributed by atoms with E-state index in [1.54, 1.807) is 19.0 Å². The molecule has 1 amide bonds. The van der Waals surface area contributed by atoms with E-state index in [1.807, 2.05) is 0 Å². The molecule has 22 heavy (non-hydrogen) atoms. The zero-order valence-electron chi connectivity index (χ0n) is 12.3. The van der Waals surface area contributed by atoms with Crippen molar-refractivity contribution in [1.29, 1.82) is 0 Å². The Morgan fingerprint density at radius 1 is 1.27 bits per heavy atom. The maximum absolute atomic E-state index is 13.2. The fraction of sp³-hybridized carbons (Fsp3) is 0.357. The van der Waals surface area contributed by atoms with E-state index in [0.29, 0.717) is 35.1 Å². The molecule has 118 valence electrons. The Morgan fingerprint density at radius 2 is 1.95 bits per heavy atom. The van der Waals surface area contributed by atoms with Crippen LogP contribution in [0.25, 0.3) is 11.4 Å². The average molecular weight is 326 g/mol. The minimum atomic E-state index is -0.664. The number of hydrogen-bond acceptors (Lipinski definition) is 4. The van der Waals surface area contributed by atoms with Gasteiger partial charge in [-0.1, -0.05) is 11.8 Å². The summed E-state index contributed by atoms with van der Waals surface area (Å²) in [5.41, 5.74) is 0.305. The molecule has 0 saturated carbocycles. The lowest BCUT2D eigenvalue weighted by Crippen LogP contribution is -2.21. The van der Waals surface area contributed by atoms with Crippen molar-refractivity contribution in [1.82, 2.24) is 20.1 Å². The summed E-state index contributed by atoms with van der Waals surface area (Å²) in [6.45, 7) is 0. The number of rotatable bonds is 6. The summed E-state index contributed by atoms with van der Waals surface area (Å²) < 4.78 is 26.3. The number of H-pyrrole nitrogens is 1. The second kappa shape index (κ2) is 7.35. The number of carbonyl (C=O) groups is 1. The van der Waals surface area contributed by atoms with Crippen molar-refractivity contribution in [2.24, 2.45) is 0 Å². The standard InChI is InChI=1S/C14H16F2N4OS/c1-20(2)12(21)4-3-5-22-14-17-13(18-19-14)9-6-10(15)8-11(16)7-9/h6-8H,3-5H2,1-2H3,(H,17,18,19). The lowest BCUT2D eigenvalue weighted by molar-refractivity contribution is -0.128. The van der Waals surface area contributed by atoms with E-state index in [0.717, 1.165) is 6.07 Å². The van der Waals surface area contributed by atoms with Crippen LogP contribution in [0, 0.1) is 11.6 Å². The first-order chi connectivity index (χ1) is 10.5. The van der Waals surface area contributed by atoms with E-state index in [1.165, 1.54) is 23.9 Å². The van der Waals surface area contributed by atoms with Crippen LogP contribution >= 0.6 is 11.8 Å². The Bertz CT molecular complexity index is 640. The molecule has 2 aromatic rings. The quantitative estimate of drug-likeness (QED) is 0.655. The summed E-state index contributed by atoms with van der Waals surface area (Å²) >= 11 is 1.39. The highest BCUT2D eigenvalue weighted by Gasteiger charge is 2.09. The van der Waals surface area contributed by atoms with Gasteiger partial charge in [-0.05, 0) is 18.6 Å². The lowest BCUT2D eigenvalue weighted by atomic mass is 10.2. The number of hydrogen-bond donors (Lipinski definition) is 1. The fourth-order valence-corrected chi connectivity index (χ4v) is 2.48. The van der Waals surface area contributed by atoms with Gasteiger partial charge in [0.2, 0.25) is 11.1 Å². The van der Waals surface area contributed by atoms with Gasteiger partial charge in [0.05, 0.1) is 0 Å². The number of carbonyl (C=O) groups excluding carboxylic acids is 1. The van der Waals surface area contributed by atoms with Crippen molar-refractivity contribution >= 4 is 17.7 Å². The molecule has 0 radical (unpaired) electrons. The second-order valence-electron chi connectivity index (χ2n) is 4.86. The summed E-state index contributed by atoms with van der Waals surface area (Å²) in [6, 6.07) is 3.18. The molecule has 0 aliphatic heterocycles. The van der Waals surface area contributed by atoms with E-state index in [4.69, 9.17) is 0 Å². The molecule has 0 atom stereocenters. The first kappa shape index (κ1) is 16.4. The van der Waals surface area contributed by atoms with Crippen molar-refractivity contribution in [3.8, 4) is 11.4 Å². The largest absolute Gasteiger partial charge is 0.349 e. The van der Waals surface area contributed by atoms with E-state index in [9.17, 15) is 13.6 Å². The first-order valence-electron chi connectivity index (χ1n) is 6.67. The first-order valence-corrected chi connectivity index (χ1v) is 7.66. The van der Waals surface area contributed by atoms with Gasteiger partial charge in [-0.25, -0.2) is 13.8 Å². The predicted molar refractivity (Wildman–Crippen MR) is 80.4 cm³/mol. The molecular weight excluding hydrogens is 310 g/mol. The van der Waals surface area contributed by atoms with Gasteiger partial charge in [-0.2, -0.15) is 0 Å². The Labute approximate surface area is 131 Å². The van der Waals surface area contributed by atoms with Crippen LogP contribution in [0.15, 0.2) is 23.4 Å². The smallest absolute Gasteiger partial charge is 0.222 e. The van der Waals surface area contributed by atoms with Crippen LogP contribution in [0.3, 0.4) is 0 Å². The van der Waals surface area contributed by atoms with Gasteiger partial charge in [0.15, 0.2) is 5.82 Å². The Morgan fingerprint density at radius 3 is 2.59 bits per heavy atom. The highest BCUT2D eigenvalue weighted by Crippen LogP contribution is 2.21. The monoisotopic (exact) mass is 326 g/mol. The molecule has 8 heteroatoms. The van der Waals surface area contributed by atoms with Gasteiger partial charge in [0.25, 0.3) is 0 Å². The number of aromatic nitrogens is 3. The van der Waals surface area contributed by atoms with Crippen molar-refractivity contribution < 1.29 is 13.6 Å². The van der Waals surface area contributed by atoms with Gasteiger partial charge in [0.1, 0.15) is 11.6 Å². The minimum absolute atomic E-state index is 0.0755. The number of amides is 1. The molecule has 0 fully saturated rings. The number of nitrogens with zero attached hydrogens (tertiary/aromatic N) is 3. The van der Waals surface area contributed by atoms with Crippen molar-refractivity contribution in [2.45, 2.75) is 18.0 Å². The molecule has 0 unspecified atom stereocenters. The molecule has 0 saturated heterocycles. The van der Waals surface area contributed by atoms with Gasteiger partial charge >= 0.3 is 0 Å². The third-order valence-electron chi connectivity index (χ3n) is 2.87. The highest BCUT2D eigenvalue weighted by atomic mass is 32.2. The van der Waals surface area contributed by atoms with Crippen LogP contribution in [0.2, 0.25) is 0 Å². The summed E-state index contributed by atoms with van der Waals surface area (Å²) in [5.74, 6) is -0.253. The van der Waals surface area contributed by atoms with E-state index in [2.05, 4.69) is 15.2 Å². The van der Waals surface area contributed by atoms with Gasteiger partial charge in [-0.3, -0.25) is 9.89 Å². The van der Waals surface area contributed by atoms with Crippen LogP contribution in [0.1, 0.15) is 12.8 Å². The molecule has 0 aliphatic rings. The van der Waals surface area contributed by atoms with Crippen molar-refractivity contribution in [2.75, 3.05) is 19.8 Å². The van der Waals surface area contributed by atoms with E-state index in [-0.39, 0.29) is 5.91 Å². The summed E-state index contributed by atoms with van der Waals surface area (Å²) in [6.07, 6.45) is 1.17. The molecular formula is C14H16F2N4OS. The van der Waals surface area contributed by atoms with Gasteiger partial charge in [0, 0.05) is 37.9 Å². The SMILES string of the molecule is CN(C)C(=O)CCCSc1n[nH]c(-c2cc(F)cc(F)c2)n1. The summed E-state index contributed by atoms with van der Waals surface area (Å²) in [7, 11) is 3.43. The van der Waals surface area contributed by atoms with Crippen molar-refractivity contribution in [3.05, 3.63) is 29.8 Å². The maximum atomic E-state index is 13.2. The predicted octanol–water partition coefficient (Wildman–Crippen LogP) is 2.71. The molecule has 0 bridgehead atoms. The normalized spacial score (nSPS) is 10.7. The maximum Gasteiger partial charge on any atom is 0.222 e.